The zero-order valence-corrected chi connectivity index (χ0v) is 13.1. The number of carbonyl (C=O) groups is 1. The molecule has 0 unspecified atom stereocenters. The van der Waals surface area contributed by atoms with Crippen molar-refractivity contribution in [1.82, 2.24) is 4.98 Å². The summed E-state index contributed by atoms with van der Waals surface area (Å²) < 4.78 is 5.89. The van der Waals surface area contributed by atoms with Gasteiger partial charge in [0.05, 0.1) is 16.8 Å². The Morgan fingerprint density at radius 1 is 1.17 bits per heavy atom. The van der Waals surface area contributed by atoms with Gasteiger partial charge in [0, 0.05) is 16.5 Å². The topological polar surface area (TPSA) is 59.4 Å². The molecule has 1 aliphatic rings. The van der Waals surface area contributed by atoms with Crippen molar-refractivity contribution in [3.05, 3.63) is 65.2 Å². The summed E-state index contributed by atoms with van der Waals surface area (Å²) >= 11 is 0. The van der Waals surface area contributed by atoms with Crippen LogP contribution in [0.25, 0.3) is 28.2 Å². The third-order valence-corrected chi connectivity index (χ3v) is 4.14. The summed E-state index contributed by atoms with van der Waals surface area (Å²) in [7, 11) is 0. The maximum absolute atomic E-state index is 11.0. The molecular formula is C20H15NO3. The Morgan fingerprint density at radius 2 is 1.96 bits per heavy atom. The molecule has 0 spiro atoms. The number of nitrogens with zero attached hydrogens (tertiary/aromatic N) is 1. The highest BCUT2D eigenvalue weighted by molar-refractivity contribution is 5.95. The van der Waals surface area contributed by atoms with Gasteiger partial charge in [-0.2, -0.15) is 0 Å². The first kappa shape index (κ1) is 14.5. The minimum absolute atomic E-state index is 0.260. The predicted octanol–water partition coefficient (Wildman–Crippen LogP) is 4.31. The molecule has 2 heterocycles. The SMILES string of the molecule is Cc1ccc2nc(-c3ccc(C(=O)O)cc3)c3c(c2c1)OCC=C3. The van der Waals surface area contributed by atoms with E-state index in [1.807, 2.05) is 31.2 Å². The number of rotatable bonds is 2. The van der Waals surface area contributed by atoms with Crippen molar-refractivity contribution in [2.75, 3.05) is 6.61 Å². The van der Waals surface area contributed by atoms with E-state index in [9.17, 15) is 4.79 Å². The molecule has 2 aromatic carbocycles. The van der Waals surface area contributed by atoms with E-state index in [0.717, 1.165) is 39.0 Å². The lowest BCUT2D eigenvalue weighted by molar-refractivity contribution is 0.0697. The second-order valence-electron chi connectivity index (χ2n) is 5.82. The molecule has 1 aliphatic heterocycles. The van der Waals surface area contributed by atoms with Gasteiger partial charge in [-0.3, -0.25) is 0 Å². The highest BCUT2D eigenvalue weighted by Gasteiger charge is 2.18. The van der Waals surface area contributed by atoms with Crippen LogP contribution in [0.15, 0.2) is 48.5 Å². The van der Waals surface area contributed by atoms with Crippen LogP contribution in [-0.2, 0) is 0 Å². The van der Waals surface area contributed by atoms with Crippen molar-refractivity contribution >= 4 is 22.9 Å². The first-order chi connectivity index (χ1) is 11.6. The Labute approximate surface area is 139 Å². The van der Waals surface area contributed by atoms with E-state index in [2.05, 4.69) is 6.07 Å². The summed E-state index contributed by atoms with van der Waals surface area (Å²) in [5.74, 6) is -0.0998. The monoisotopic (exact) mass is 317 g/mol. The third kappa shape index (κ3) is 2.33. The minimum Gasteiger partial charge on any atom is -0.488 e. The molecule has 0 radical (unpaired) electrons. The number of carboxylic acids is 1. The Balaban J connectivity index is 1.97. The summed E-state index contributed by atoms with van der Waals surface area (Å²) in [4.78, 5) is 15.8. The number of carboxylic acid groups (broad SMARTS) is 1. The molecule has 0 amide bonds. The second kappa shape index (κ2) is 5.49. The molecule has 0 bridgehead atoms. The molecule has 4 rings (SSSR count). The van der Waals surface area contributed by atoms with Gasteiger partial charge >= 0.3 is 5.97 Å². The van der Waals surface area contributed by atoms with E-state index in [0.29, 0.717) is 6.61 Å². The minimum atomic E-state index is -0.936. The van der Waals surface area contributed by atoms with Crippen molar-refractivity contribution in [1.29, 1.82) is 0 Å². The molecule has 0 saturated carbocycles. The molecule has 4 heteroatoms. The molecule has 1 N–H and O–H groups in total. The summed E-state index contributed by atoms with van der Waals surface area (Å²) in [6, 6.07) is 12.9. The number of hydrogen-bond acceptors (Lipinski definition) is 3. The van der Waals surface area contributed by atoms with Crippen LogP contribution in [0.1, 0.15) is 21.5 Å². The molecule has 0 atom stereocenters. The zero-order chi connectivity index (χ0) is 16.7. The predicted molar refractivity (Wildman–Crippen MR) is 93.4 cm³/mol. The molecular weight excluding hydrogens is 302 g/mol. The van der Waals surface area contributed by atoms with Crippen LogP contribution in [0.4, 0.5) is 0 Å². The fraction of sp³-hybridized carbons (Fsp3) is 0.100. The average molecular weight is 317 g/mol. The van der Waals surface area contributed by atoms with Crippen molar-refractivity contribution in [3.63, 3.8) is 0 Å². The molecule has 3 aromatic rings. The number of aromatic nitrogens is 1. The van der Waals surface area contributed by atoms with Gasteiger partial charge in [0.25, 0.3) is 0 Å². The number of pyridine rings is 1. The fourth-order valence-corrected chi connectivity index (χ4v) is 2.96. The van der Waals surface area contributed by atoms with Crippen molar-refractivity contribution < 1.29 is 14.6 Å². The Hall–Kier alpha value is -3.14. The number of fused-ring (bicyclic) bond motifs is 3. The smallest absolute Gasteiger partial charge is 0.335 e. The van der Waals surface area contributed by atoms with E-state index in [4.69, 9.17) is 14.8 Å². The molecule has 0 fully saturated rings. The highest BCUT2D eigenvalue weighted by atomic mass is 16.5. The Kier molecular flexibility index (Phi) is 3.31. The largest absolute Gasteiger partial charge is 0.488 e. The normalized spacial score (nSPS) is 12.7. The van der Waals surface area contributed by atoms with Gasteiger partial charge < -0.3 is 9.84 Å². The molecule has 0 aliphatic carbocycles. The Morgan fingerprint density at radius 3 is 2.71 bits per heavy atom. The molecule has 24 heavy (non-hydrogen) atoms. The number of aryl methyl sites for hydroxylation is 1. The van der Waals surface area contributed by atoms with E-state index in [1.165, 1.54) is 0 Å². The second-order valence-corrected chi connectivity index (χ2v) is 5.82. The van der Waals surface area contributed by atoms with Crippen LogP contribution in [0.5, 0.6) is 5.75 Å². The van der Waals surface area contributed by atoms with Gasteiger partial charge in [0.15, 0.2) is 0 Å². The number of benzene rings is 2. The standard InChI is InChI=1S/C20H15NO3/c1-12-4-9-17-16(11-12)19-15(3-2-10-24-19)18(21-17)13-5-7-14(8-6-13)20(22)23/h2-9,11H,10H2,1H3,(H,22,23). The van der Waals surface area contributed by atoms with E-state index >= 15 is 0 Å². The van der Waals surface area contributed by atoms with Gasteiger partial charge in [-0.05, 0) is 43.3 Å². The van der Waals surface area contributed by atoms with Crippen LogP contribution >= 0.6 is 0 Å². The van der Waals surface area contributed by atoms with E-state index < -0.39 is 5.97 Å². The number of hydrogen-bond donors (Lipinski definition) is 1. The highest BCUT2D eigenvalue weighted by Crippen LogP contribution is 2.38. The first-order valence-electron chi connectivity index (χ1n) is 7.71. The van der Waals surface area contributed by atoms with Crippen LogP contribution in [0, 0.1) is 6.92 Å². The van der Waals surface area contributed by atoms with Gasteiger partial charge in [-0.15, -0.1) is 0 Å². The third-order valence-electron chi connectivity index (χ3n) is 4.14. The number of aromatic carboxylic acids is 1. The van der Waals surface area contributed by atoms with Gasteiger partial charge in [-0.1, -0.05) is 23.8 Å². The van der Waals surface area contributed by atoms with Gasteiger partial charge in [0.2, 0.25) is 0 Å². The lowest BCUT2D eigenvalue weighted by Crippen LogP contribution is -2.04. The van der Waals surface area contributed by atoms with Crippen LogP contribution in [0.2, 0.25) is 0 Å². The van der Waals surface area contributed by atoms with Crippen molar-refractivity contribution in [2.45, 2.75) is 6.92 Å². The van der Waals surface area contributed by atoms with E-state index in [-0.39, 0.29) is 5.56 Å². The number of ether oxygens (including phenoxy) is 1. The molecule has 1 aromatic heterocycles. The summed E-state index contributed by atoms with van der Waals surface area (Å²) in [5.41, 5.74) is 4.89. The van der Waals surface area contributed by atoms with Crippen LogP contribution in [0.3, 0.4) is 0 Å². The summed E-state index contributed by atoms with van der Waals surface area (Å²) in [5, 5.41) is 10.1. The molecule has 4 nitrogen and oxygen atoms in total. The van der Waals surface area contributed by atoms with Crippen molar-refractivity contribution in [2.24, 2.45) is 0 Å². The maximum atomic E-state index is 11.0. The molecule has 118 valence electrons. The average Bonchev–Trinajstić information content (AvgIpc) is 2.61. The van der Waals surface area contributed by atoms with Crippen molar-refractivity contribution in [3.8, 4) is 17.0 Å². The quantitative estimate of drug-likeness (QED) is 0.765. The lowest BCUT2D eigenvalue weighted by atomic mass is 9.99. The fourth-order valence-electron chi connectivity index (χ4n) is 2.96. The zero-order valence-electron chi connectivity index (χ0n) is 13.1. The van der Waals surface area contributed by atoms with Crippen LogP contribution < -0.4 is 4.74 Å². The maximum Gasteiger partial charge on any atom is 0.335 e. The summed E-state index contributed by atoms with van der Waals surface area (Å²) in [6.45, 7) is 2.58. The van der Waals surface area contributed by atoms with Gasteiger partial charge in [0.1, 0.15) is 12.4 Å². The first-order valence-corrected chi connectivity index (χ1v) is 7.71. The van der Waals surface area contributed by atoms with Crippen LogP contribution in [-0.4, -0.2) is 22.7 Å². The summed E-state index contributed by atoms with van der Waals surface area (Å²) in [6.07, 6.45) is 3.98. The molecule has 0 saturated heterocycles. The van der Waals surface area contributed by atoms with Gasteiger partial charge in [-0.25, -0.2) is 9.78 Å². The lowest BCUT2D eigenvalue weighted by Gasteiger charge is -2.18. The Bertz CT molecular complexity index is 988. The van der Waals surface area contributed by atoms with E-state index in [1.54, 1.807) is 24.3 Å².